The molecule has 0 aliphatic heterocycles. The minimum atomic E-state index is -4.64. The van der Waals surface area contributed by atoms with Crippen molar-refractivity contribution in [2.75, 3.05) is 0 Å². The van der Waals surface area contributed by atoms with Gasteiger partial charge < -0.3 is 5.11 Å². The van der Waals surface area contributed by atoms with Gasteiger partial charge in [0.25, 0.3) is 5.56 Å². The maximum absolute atomic E-state index is 13.2. The third-order valence-electron chi connectivity index (χ3n) is 5.03. The van der Waals surface area contributed by atoms with E-state index in [9.17, 15) is 27.9 Å². The lowest BCUT2D eigenvalue weighted by Crippen LogP contribution is -2.23. The van der Waals surface area contributed by atoms with Crippen LogP contribution in [-0.4, -0.2) is 30.0 Å². The number of rotatable bonds is 4. The van der Waals surface area contributed by atoms with E-state index in [0.29, 0.717) is 11.3 Å². The molecule has 0 spiro atoms. The van der Waals surface area contributed by atoms with E-state index in [-0.39, 0.29) is 17.2 Å². The fraction of sp³-hybridized carbons (Fsp3) is 0.0909. The first-order chi connectivity index (χ1) is 15.6. The number of carboxylic acid groups (broad SMARTS) is 1. The Hall–Kier alpha value is -4.59. The van der Waals surface area contributed by atoms with Crippen LogP contribution >= 0.6 is 0 Å². The lowest BCUT2D eigenvalue weighted by Gasteiger charge is -2.13. The standard InChI is InChI=1S/C22H14F3N5O3/c1-28-18(19-27-9-10-29(19)15-7-5-13(12-26)6-8-15)17(21(32)33)20(31)30(28)16-4-2-3-14(11-16)22(23,24)25/h2-11H,1H3,(H,32,33). The van der Waals surface area contributed by atoms with E-state index in [0.717, 1.165) is 27.6 Å². The van der Waals surface area contributed by atoms with Gasteiger partial charge in [-0.3, -0.25) is 14.0 Å². The van der Waals surface area contributed by atoms with Gasteiger partial charge in [0.2, 0.25) is 0 Å². The predicted octanol–water partition coefficient (Wildman–Crippen LogP) is 3.62. The van der Waals surface area contributed by atoms with Gasteiger partial charge in [0.15, 0.2) is 11.4 Å². The summed E-state index contributed by atoms with van der Waals surface area (Å²) in [6.07, 6.45) is -1.71. The molecule has 0 radical (unpaired) electrons. The molecule has 1 N–H and O–H groups in total. The second kappa shape index (κ2) is 7.83. The zero-order valence-corrected chi connectivity index (χ0v) is 16.9. The van der Waals surface area contributed by atoms with Gasteiger partial charge in [-0.1, -0.05) is 6.07 Å². The van der Waals surface area contributed by atoms with Gasteiger partial charge in [0.05, 0.1) is 22.9 Å². The number of imidazole rings is 1. The van der Waals surface area contributed by atoms with Gasteiger partial charge in [-0.2, -0.15) is 18.4 Å². The molecule has 0 aliphatic rings. The number of nitriles is 1. The molecule has 2 heterocycles. The Balaban J connectivity index is 1.96. The van der Waals surface area contributed by atoms with Crippen LogP contribution in [0.25, 0.3) is 22.9 Å². The molecule has 33 heavy (non-hydrogen) atoms. The van der Waals surface area contributed by atoms with Gasteiger partial charge in [-0.25, -0.2) is 14.5 Å². The molecule has 4 rings (SSSR count). The highest BCUT2D eigenvalue weighted by molar-refractivity contribution is 5.94. The van der Waals surface area contributed by atoms with E-state index in [4.69, 9.17) is 5.26 Å². The molecule has 0 amide bonds. The molecule has 8 nitrogen and oxygen atoms in total. The lowest BCUT2D eigenvalue weighted by molar-refractivity contribution is -0.137. The molecule has 0 aliphatic carbocycles. The van der Waals surface area contributed by atoms with Crippen molar-refractivity contribution in [3.05, 3.63) is 88.0 Å². The zero-order chi connectivity index (χ0) is 23.9. The van der Waals surface area contributed by atoms with Gasteiger partial charge in [-0.15, -0.1) is 0 Å². The van der Waals surface area contributed by atoms with E-state index < -0.39 is 28.8 Å². The third kappa shape index (κ3) is 3.67. The number of hydrogen-bond donors (Lipinski definition) is 1. The van der Waals surface area contributed by atoms with Crippen LogP contribution in [0.4, 0.5) is 13.2 Å². The molecule has 0 saturated heterocycles. The summed E-state index contributed by atoms with van der Waals surface area (Å²) < 4.78 is 43.1. The van der Waals surface area contributed by atoms with Crippen LogP contribution in [-0.2, 0) is 13.2 Å². The second-order valence-electron chi connectivity index (χ2n) is 7.00. The van der Waals surface area contributed by atoms with Crippen molar-refractivity contribution < 1.29 is 23.1 Å². The van der Waals surface area contributed by atoms with Gasteiger partial charge in [-0.05, 0) is 42.5 Å². The Kier molecular flexibility index (Phi) is 5.13. The number of carbonyl (C=O) groups is 1. The first kappa shape index (κ1) is 21.6. The minimum absolute atomic E-state index is 0.0856. The van der Waals surface area contributed by atoms with E-state index in [1.54, 1.807) is 24.3 Å². The Bertz CT molecular complexity index is 1470. The highest BCUT2D eigenvalue weighted by Gasteiger charge is 2.32. The highest BCUT2D eigenvalue weighted by atomic mass is 19.4. The van der Waals surface area contributed by atoms with Crippen LogP contribution in [0.2, 0.25) is 0 Å². The molecule has 4 aromatic rings. The number of aromatic carboxylic acids is 1. The second-order valence-corrected chi connectivity index (χ2v) is 7.00. The number of aromatic nitrogens is 4. The largest absolute Gasteiger partial charge is 0.477 e. The topological polar surface area (TPSA) is 106 Å². The smallest absolute Gasteiger partial charge is 0.416 e. The summed E-state index contributed by atoms with van der Waals surface area (Å²) >= 11 is 0. The molecule has 11 heteroatoms. The Labute approximate surface area is 184 Å². The van der Waals surface area contributed by atoms with Crippen LogP contribution in [0.15, 0.2) is 65.7 Å². The number of benzene rings is 2. The summed E-state index contributed by atoms with van der Waals surface area (Å²) in [6.45, 7) is 0. The van der Waals surface area contributed by atoms with E-state index in [2.05, 4.69) is 4.98 Å². The maximum atomic E-state index is 13.2. The fourth-order valence-corrected chi connectivity index (χ4v) is 3.54. The summed E-state index contributed by atoms with van der Waals surface area (Å²) in [4.78, 5) is 29.3. The Morgan fingerprint density at radius 1 is 1.12 bits per heavy atom. The normalized spacial score (nSPS) is 11.4. The molecule has 2 aromatic carbocycles. The molecule has 0 unspecified atom stereocenters. The summed E-state index contributed by atoms with van der Waals surface area (Å²) in [7, 11) is 1.36. The summed E-state index contributed by atoms with van der Waals surface area (Å²) in [6, 6.07) is 12.4. The quantitative estimate of drug-likeness (QED) is 0.508. The summed E-state index contributed by atoms with van der Waals surface area (Å²) in [5.74, 6) is -1.46. The molecule has 2 aromatic heterocycles. The predicted molar refractivity (Wildman–Crippen MR) is 110 cm³/mol. The average molecular weight is 453 g/mol. The minimum Gasteiger partial charge on any atom is -0.477 e. The van der Waals surface area contributed by atoms with E-state index >= 15 is 0 Å². The number of halogens is 3. The third-order valence-corrected chi connectivity index (χ3v) is 5.03. The van der Waals surface area contributed by atoms with Crippen molar-refractivity contribution in [2.45, 2.75) is 6.18 Å². The molecule has 166 valence electrons. The van der Waals surface area contributed by atoms with E-state index in [1.165, 1.54) is 30.1 Å². The van der Waals surface area contributed by atoms with Crippen molar-refractivity contribution in [1.82, 2.24) is 18.9 Å². The van der Waals surface area contributed by atoms with Crippen LogP contribution in [0.3, 0.4) is 0 Å². The highest BCUT2D eigenvalue weighted by Crippen LogP contribution is 2.31. The average Bonchev–Trinajstić information content (AvgIpc) is 3.35. The van der Waals surface area contributed by atoms with Crippen LogP contribution < -0.4 is 5.56 Å². The molecule has 0 fully saturated rings. The van der Waals surface area contributed by atoms with Crippen molar-refractivity contribution in [1.29, 1.82) is 5.26 Å². The summed E-state index contributed by atoms with van der Waals surface area (Å²) in [5, 5.41) is 18.8. The van der Waals surface area contributed by atoms with Gasteiger partial charge in [0, 0.05) is 25.1 Å². The van der Waals surface area contributed by atoms with E-state index in [1.807, 2.05) is 6.07 Å². The van der Waals surface area contributed by atoms with Crippen molar-refractivity contribution in [2.24, 2.45) is 7.05 Å². The first-order valence-electron chi connectivity index (χ1n) is 9.40. The molecule has 0 atom stereocenters. The number of carboxylic acids is 1. The van der Waals surface area contributed by atoms with Gasteiger partial charge in [0.1, 0.15) is 5.69 Å². The molecular weight excluding hydrogens is 439 g/mol. The van der Waals surface area contributed by atoms with Crippen molar-refractivity contribution in [3.8, 4) is 29.0 Å². The fourth-order valence-electron chi connectivity index (χ4n) is 3.54. The van der Waals surface area contributed by atoms with Crippen LogP contribution in [0, 0.1) is 11.3 Å². The molecule has 0 saturated carbocycles. The molecular formula is C22H14F3N5O3. The van der Waals surface area contributed by atoms with Crippen molar-refractivity contribution >= 4 is 5.97 Å². The van der Waals surface area contributed by atoms with Crippen LogP contribution in [0.5, 0.6) is 0 Å². The number of nitrogens with zero attached hydrogens (tertiary/aromatic N) is 5. The lowest BCUT2D eigenvalue weighted by atomic mass is 10.2. The number of hydrogen-bond acceptors (Lipinski definition) is 4. The Morgan fingerprint density at radius 2 is 1.82 bits per heavy atom. The van der Waals surface area contributed by atoms with Crippen molar-refractivity contribution in [3.63, 3.8) is 0 Å². The number of alkyl halides is 3. The monoisotopic (exact) mass is 453 g/mol. The Morgan fingerprint density at radius 3 is 2.42 bits per heavy atom. The van der Waals surface area contributed by atoms with Crippen LogP contribution in [0.1, 0.15) is 21.5 Å². The molecule has 0 bridgehead atoms. The summed E-state index contributed by atoms with van der Waals surface area (Å²) in [5.41, 5.74) is -1.93. The zero-order valence-electron chi connectivity index (χ0n) is 16.9. The SMILES string of the molecule is Cn1c(-c2nccn2-c2ccc(C#N)cc2)c(C(=O)O)c(=O)n1-c1cccc(C(F)(F)F)c1. The maximum Gasteiger partial charge on any atom is 0.416 e. The van der Waals surface area contributed by atoms with Gasteiger partial charge >= 0.3 is 12.1 Å². The first-order valence-corrected chi connectivity index (χ1v) is 9.40.